The number of fused-ring (bicyclic) bond motifs is 1. The van der Waals surface area contributed by atoms with Gasteiger partial charge in [0.25, 0.3) is 5.91 Å². The van der Waals surface area contributed by atoms with Crippen LogP contribution in [0.5, 0.6) is 0 Å². The van der Waals surface area contributed by atoms with Gasteiger partial charge in [-0.25, -0.2) is 0 Å². The molecule has 0 aromatic heterocycles. The summed E-state index contributed by atoms with van der Waals surface area (Å²) < 4.78 is 38.0. The molecule has 0 aliphatic carbocycles. The van der Waals surface area contributed by atoms with Crippen molar-refractivity contribution >= 4 is 5.91 Å². The lowest BCUT2D eigenvalue weighted by Crippen LogP contribution is -2.44. The first-order chi connectivity index (χ1) is 9.04. The van der Waals surface area contributed by atoms with Crippen LogP contribution in [0.3, 0.4) is 0 Å². The van der Waals surface area contributed by atoms with Crippen molar-refractivity contribution in [2.24, 2.45) is 0 Å². The number of benzene rings is 1. The predicted molar refractivity (Wildman–Crippen MR) is 70.6 cm³/mol. The van der Waals surface area contributed by atoms with Gasteiger partial charge in [0.2, 0.25) is 0 Å². The van der Waals surface area contributed by atoms with Crippen LogP contribution in [-0.4, -0.2) is 23.5 Å². The summed E-state index contributed by atoms with van der Waals surface area (Å²) in [5.41, 5.74) is 1.15. The minimum atomic E-state index is -4.39. The number of nitrogens with zero attached hydrogens (tertiary/aromatic N) is 1. The second kappa shape index (κ2) is 4.50. The van der Waals surface area contributed by atoms with Crippen LogP contribution in [0.15, 0.2) is 18.2 Å². The fourth-order valence-electron chi connectivity index (χ4n) is 2.61. The summed E-state index contributed by atoms with van der Waals surface area (Å²) in [6.45, 7) is 6.13. The van der Waals surface area contributed by atoms with Gasteiger partial charge in [-0.1, -0.05) is 26.0 Å². The Kier molecular flexibility index (Phi) is 3.35. The van der Waals surface area contributed by atoms with E-state index in [0.717, 1.165) is 10.5 Å². The molecule has 0 atom stereocenters. The predicted octanol–water partition coefficient (Wildman–Crippen LogP) is 4.06. The van der Waals surface area contributed by atoms with Crippen molar-refractivity contribution in [3.8, 4) is 0 Å². The zero-order chi connectivity index (χ0) is 15.3. The molecule has 1 aromatic carbocycles. The topological polar surface area (TPSA) is 20.3 Å². The van der Waals surface area contributed by atoms with Crippen molar-refractivity contribution in [1.82, 2.24) is 4.90 Å². The van der Waals surface area contributed by atoms with Crippen LogP contribution in [0.25, 0.3) is 0 Å². The van der Waals surface area contributed by atoms with Crippen LogP contribution in [0.1, 0.15) is 55.1 Å². The third-order valence-electron chi connectivity index (χ3n) is 3.86. The molecule has 2 rings (SSSR count). The maximum atomic E-state index is 12.7. The molecular weight excluding hydrogens is 267 g/mol. The minimum absolute atomic E-state index is 0.267. The third-order valence-corrected chi connectivity index (χ3v) is 3.86. The molecule has 1 aliphatic rings. The largest absolute Gasteiger partial charge is 0.406 e. The maximum absolute atomic E-state index is 12.7. The van der Waals surface area contributed by atoms with Gasteiger partial charge in [0.15, 0.2) is 0 Å². The number of rotatable bonds is 2. The van der Waals surface area contributed by atoms with Gasteiger partial charge in [-0.3, -0.25) is 4.79 Å². The molecule has 1 aliphatic heterocycles. The molecule has 20 heavy (non-hydrogen) atoms. The average molecular weight is 285 g/mol. The summed E-state index contributed by atoms with van der Waals surface area (Å²) in [5, 5.41) is 0. The van der Waals surface area contributed by atoms with Gasteiger partial charge < -0.3 is 4.90 Å². The number of carbonyl (C=O) groups excluding carboxylic acids is 1. The Morgan fingerprint density at radius 3 is 2.35 bits per heavy atom. The van der Waals surface area contributed by atoms with Crippen LogP contribution in [-0.2, 0) is 5.54 Å². The number of alkyl halides is 3. The highest BCUT2D eigenvalue weighted by atomic mass is 19.4. The molecule has 1 aromatic rings. The zero-order valence-corrected chi connectivity index (χ0v) is 12.0. The fraction of sp³-hybridized carbons (Fsp3) is 0.533. The van der Waals surface area contributed by atoms with Gasteiger partial charge in [-0.2, -0.15) is 13.2 Å². The molecule has 0 unspecified atom stereocenters. The van der Waals surface area contributed by atoms with Gasteiger partial charge in [-0.15, -0.1) is 0 Å². The fourth-order valence-corrected chi connectivity index (χ4v) is 2.61. The molecule has 5 heteroatoms. The van der Waals surface area contributed by atoms with Gasteiger partial charge in [0, 0.05) is 5.56 Å². The van der Waals surface area contributed by atoms with Crippen molar-refractivity contribution in [2.75, 3.05) is 6.54 Å². The Morgan fingerprint density at radius 1 is 1.25 bits per heavy atom. The molecule has 0 N–H and O–H groups in total. The molecule has 0 saturated carbocycles. The molecule has 110 valence electrons. The number of halogens is 3. The van der Waals surface area contributed by atoms with Crippen molar-refractivity contribution < 1.29 is 18.0 Å². The number of hydrogen-bond donors (Lipinski definition) is 0. The van der Waals surface area contributed by atoms with Crippen molar-refractivity contribution in [3.63, 3.8) is 0 Å². The van der Waals surface area contributed by atoms with Crippen molar-refractivity contribution in [3.05, 3.63) is 34.9 Å². The van der Waals surface area contributed by atoms with E-state index in [9.17, 15) is 18.0 Å². The van der Waals surface area contributed by atoms with Gasteiger partial charge in [-0.05, 0) is 37.0 Å². The lowest BCUT2D eigenvalue weighted by molar-refractivity contribution is -0.149. The second-order valence-corrected chi connectivity index (χ2v) is 6.03. The maximum Gasteiger partial charge on any atom is 0.406 e. The summed E-state index contributed by atoms with van der Waals surface area (Å²) >= 11 is 0. The zero-order valence-electron chi connectivity index (χ0n) is 12.0. The summed E-state index contributed by atoms with van der Waals surface area (Å²) in [6, 6.07) is 5.31. The van der Waals surface area contributed by atoms with E-state index < -0.39 is 24.2 Å². The SMILES string of the molecule is CC(C)c1ccc2c(c1)C(C)(C)N(CC(F)(F)F)C2=O. The van der Waals surface area contributed by atoms with Crippen LogP contribution in [0.2, 0.25) is 0 Å². The van der Waals surface area contributed by atoms with Gasteiger partial charge >= 0.3 is 6.18 Å². The van der Waals surface area contributed by atoms with Crippen molar-refractivity contribution in [2.45, 2.75) is 45.3 Å². The molecule has 2 nitrogen and oxygen atoms in total. The van der Waals surface area contributed by atoms with Gasteiger partial charge in [0.05, 0.1) is 5.54 Å². The summed E-state index contributed by atoms with van der Waals surface area (Å²) in [5.74, 6) is -0.277. The van der Waals surface area contributed by atoms with E-state index in [-0.39, 0.29) is 5.92 Å². The molecule has 0 radical (unpaired) electrons. The molecule has 0 bridgehead atoms. The normalized spacial score (nSPS) is 17.8. The monoisotopic (exact) mass is 285 g/mol. The molecule has 0 spiro atoms. The Morgan fingerprint density at radius 2 is 1.85 bits per heavy atom. The Bertz CT molecular complexity index is 547. The second-order valence-electron chi connectivity index (χ2n) is 6.03. The molecule has 0 fully saturated rings. The van der Waals surface area contributed by atoms with Crippen LogP contribution < -0.4 is 0 Å². The van der Waals surface area contributed by atoms with Crippen molar-refractivity contribution in [1.29, 1.82) is 0 Å². The smallest absolute Gasteiger partial charge is 0.320 e. The molecule has 1 amide bonds. The van der Waals surface area contributed by atoms with E-state index in [2.05, 4.69) is 0 Å². The van der Waals surface area contributed by atoms with E-state index in [1.807, 2.05) is 26.0 Å². The molecular formula is C15H18F3NO. The van der Waals surface area contributed by atoms with E-state index in [4.69, 9.17) is 0 Å². The first kappa shape index (κ1) is 14.9. The summed E-state index contributed by atoms with van der Waals surface area (Å²) in [7, 11) is 0. The lowest BCUT2D eigenvalue weighted by Gasteiger charge is -2.33. The molecule has 1 heterocycles. The average Bonchev–Trinajstić information content (AvgIpc) is 2.49. The van der Waals surface area contributed by atoms with E-state index in [0.29, 0.717) is 11.1 Å². The highest BCUT2D eigenvalue weighted by molar-refractivity contribution is 6.00. The number of hydrogen-bond acceptors (Lipinski definition) is 1. The quantitative estimate of drug-likeness (QED) is 0.802. The van der Waals surface area contributed by atoms with Crippen LogP contribution in [0.4, 0.5) is 13.2 Å². The highest BCUT2D eigenvalue weighted by Crippen LogP contribution is 2.41. The third kappa shape index (κ3) is 2.41. The van der Waals surface area contributed by atoms with Crippen LogP contribution in [0, 0.1) is 0 Å². The van der Waals surface area contributed by atoms with Crippen LogP contribution >= 0.6 is 0 Å². The molecule has 0 saturated heterocycles. The number of carbonyl (C=O) groups is 1. The first-order valence-electron chi connectivity index (χ1n) is 6.57. The Hall–Kier alpha value is -1.52. The summed E-state index contributed by atoms with van der Waals surface area (Å²) in [6.07, 6.45) is -4.39. The lowest BCUT2D eigenvalue weighted by atomic mass is 9.89. The highest BCUT2D eigenvalue weighted by Gasteiger charge is 2.47. The summed E-state index contributed by atoms with van der Waals surface area (Å²) in [4.78, 5) is 13.1. The van der Waals surface area contributed by atoms with Gasteiger partial charge in [0.1, 0.15) is 6.54 Å². The minimum Gasteiger partial charge on any atom is -0.320 e. The van der Waals surface area contributed by atoms with E-state index in [1.54, 1.807) is 19.9 Å². The first-order valence-corrected chi connectivity index (χ1v) is 6.57. The standard InChI is InChI=1S/C15H18F3NO/c1-9(2)10-5-6-11-12(7-10)14(3,4)19(13(11)20)8-15(16,17)18/h5-7,9H,8H2,1-4H3. The number of amides is 1. The Labute approximate surface area is 116 Å². The van der Waals surface area contributed by atoms with E-state index >= 15 is 0 Å². The van der Waals surface area contributed by atoms with E-state index in [1.165, 1.54) is 0 Å². The Balaban J connectivity index is 2.48.